The van der Waals surface area contributed by atoms with Crippen LogP contribution in [0.15, 0.2) is 58.1 Å². The first-order valence-electron chi connectivity index (χ1n) is 10.4. The molecule has 1 saturated heterocycles. The molecule has 156 valence electrons. The van der Waals surface area contributed by atoms with Gasteiger partial charge in [-0.25, -0.2) is 0 Å². The minimum absolute atomic E-state index is 0.191. The molecule has 1 amide bonds. The summed E-state index contributed by atoms with van der Waals surface area (Å²) in [4.78, 5) is 21.4. The summed E-state index contributed by atoms with van der Waals surface area (Å²) in [6.07, 6.45) is 2.90. The number of carbonyl (C=O) groups excluding carboxylic acids is 1. The van der Waals surface area contributed by atoms with E-state index in [-0.39, 0.29) is 5.91 Å². The predicted octanol–water partition coefficient (Wildman–Crippen LogP) is 2.12. The van der Waals surface area contributed by atoms with Crippen molar-refractivity contribution in [3.8, 4) is 0 Å². The van der Waals surface area contributed by atoms with Gasteiger partial charge >= 0.3 is 0 Å². The Labute approximate surface area is 172 Å². The maximum absolute atomic E-state index is 12.5. The summed E-state index contributed by atoms with van der Waals surface area (Å²) in [5.41, 5.74) is 1.22. The molecule has 3 rings (SSSR count). The van der Waals surface area contributed by atoms with Crippen molar-refractivity contribution in [2.75, 3.05) is 50.7 Å². The second-order valence-electron chi connectivity index (χ2n) is 6.97. The number of aliphatic imine (C=N–C) groups is 1. The molecule has 7 nitrogen and oxygen atoms in total. The summed E-state index contributed by atoms with van der Waals surface area (Å²) in [5.74, 6) is 1.85. The number of nitrogens with one attached hydrogen (secondary N) is 2. The van der Waals surface area contributed by atoms with Gasteiger partial charge in [0.25, 0.3) is 0 Å². The quantitative estimate of drug-likeness (QED) is 0.527. The molecule has 1 aliphatic heterocycles. The number of nitrogens with zero attached hydrogens (tertiary/aromatic N) is 3. The van der Waals surface area contributed by atoms with Crippen LogP contribution in [0.4, 0.5) is 5.69 Å². The Kier molecular flexibility index (Phi) is 7.98. The lowest BCUT2D eigenvalue weighted by atomic mass is 10.2. The van der Waals surface area contributed by atoms with Gasteiger partial charge in [0, 0.05) is 64.3 Å². The lowest BCUT2D eigenvalue weighted by Crippen LogP contribution is -2.49. The van der Waals surface area contributed by atoms with Gasteiger partial charge in [-0.05, 0) is 31.2 Å². The number of furan rings is 1. The molecule has 2 N–H and O–H groups in total. The Bertz CT molecular complexity index is 753. The lowest BCUT2D eigenvalue weighted by molar-refractivity contribution is -0.131. The van der Waals surface area contributed by atoms with E-state index in [9.17, 15) is 4.79 Å². The molecule has 1 aromatic heterocycles. The average Bonchev–Trinajstić information content (AvgIpc) is 3.28. The molecule has 7 heteroatoms. The molecular formula is C22H31N5O2. The number of para-hydroxylation sites is 1. The summed E-state index contributed by atoms with van der Waals surface area (Å²) < 4.78 is 5.33. The van der Waals surface area contributed by atoms with Gasteiger partial charge in [0.2, 0.25) is 5.91 Å². The largest absolute Gasteiger partial charge is 0.469 e. The van der Waals surface area contributed by atoms with Crippen molar-refractivity contribution < 1.29 is 9.21 Å². The van der Waals surface area contributed by atoms with Crippen molar-refractivity contribution >= 4 is 17.6 Å². The van der Waals surface area contributed by atoms with E-state index in [2.05, 4.69) is 44.8 Å². The third-order valence-electron chi connectivity index (χ3n) is 4.94. The van der Waals surface area contributed by atoms with E-state index in [1.165, 1.54) is 5.69 Å². The molecule has 2 aromatic rings. The van der Waals surface area contributed by atoms with Gasteiger partial charge in [-0.1, -0.05) is 18.2 Å². The summed E-state index contributed by atoms with van der Waals surface area (Å²) in [6.45, 7) is 7.31. The van der Waals surface area contributed by atoms with E-state index < -0.39 is 0 Å². The number of amides is 1. The fourth-order valence-electron chi connectivity index (χ4n) is 3.37. The third kappa shape index (κ3) is 6.55. The van der Waals surface area contributed by atoms with Crippen molar-refractivity contribution in [2.24, 2.45) is 4.99 Å². The highest BCUT2D eigenvalue weighted by Gasteiger charge is 2.20. The van der Waals surface area contributed by atoms with Crippen LogP contribution in [-0.2, 0) is 11.2 Å². The van der Waals surface area contributed by atoms with Crippen LogP contribution in [0.1, 0.15) is 19.1 Å². The predicted molar refractivity (Wildman–Crippen MR) is 116 cm³/mol. The number of benzene rings is 1. The number of rotatable bonds is 8. The Morgan fingerprint density at radius 2 is 1.86 bits per heavy atom. The van der Waals surface area contributed by atoms with Crippen LogP contribution in [-0.4, -0.2) is 62.6 Å². The second kappa shape index (κ2) is 11.1. The van der Waals surface area contributed by atoms with E-state index in [4.69, 9.17) is 4.42 Å². The summed E-state index contributed by atoms with van der Waals surface area (Å²) >= 11 is 0. The summed E-state index contributed by atoms with van der Waals surface area (Å²) in [7, 11) is 0. The smallest absolute Gasteiger partial charge is 0.224 e. The maximum Gasteiger partial charge on any atom is 0.224 e. The number of anilines is 1. The summed E-state index contributed by atoms with van der Waals surface area (Å²) in [5, 5.41) is 6.47. The molecule has 0 bridgehead atoms. The highest BCUT2D eigenvalue weighted by Crippen LogP contribution is 2.15. The molecule has 0 radical (unpaired) electrons. The first-order valence-corrected chi connectivity index (χ1v) is 10.4. The summed E-state index contributed by atoms with van der Waals surface area (Å²) in [6, 6.07) is 14.2. The topological polar surface area (TPSA) is 73.1 Å². The van der Waals surface area contributed by atoms with Gasteiger partial charge in [-0.3, -0.25) is 9.79 Å². The Morgan fingerprint density at radius 3 is 2.55 bits per heavy atom. The minimum Gasteiger partial charge on any atom is -0.469 e. The Hall–Kier alpha value is -2.96. The maximum atomic E-state index is 12.5. The number of piperazine rings is 1. The highest BCUT2D eigenvalue weighted by atomic mass is 16.3. The zero-order valence-corrected chi connectivity index (χ0v) is 17.1. The minimum atomic E-state index is 0.191. The van der Waals surface area contributed by atoms with E-state index in [0.717, 1.165) is 50.9 Å². The molecule has 1 fully saturated rings. The third-order valence-corrected chi connectivity index (χ3v) is 4.94. The fraction of sp³-hybridized carbons (Fsp3) is 0.455. The van der Waals surface area contributed by atoms with Gasteiger partial charge in [-0.2, -0.15) is 0 Å². The number of hydrogen-bond acceptors (Lipinski definition) is 4. The molecule has 2 heterocycles. The van der Waals surface area contributed by atoms with E-state index >= 15 is 0 Å². The zero-order chi connectivity index (χ0) is 20.3. The van der Waals surface area contributed by atoms with Crippen LogP contribution in [0.25, 0.3) is 0 Å². The van der Waals surface area contributed by atoms with E-state index in [0.29, 0.717) is 19.5 Å². The molecule has 0 saturated carbocycles. The van der Waals surface area contributed by atoms with Crippen molar-refractivity contribution in [3.05, 3.63) is 54.5 Å². The molecule has 1 aliphatic rings. The normalized spacial score (nSPS) is 14.7. The van der Waals surface area contributed by atoms with E-state index in [1.54, 1.807) is 6.26 Å². The number of carbonyl (C=O) groups is 1. The molecule has 29 heavy (non-hydrogen) atoms. The van der Waals surface area contributed by atoms with Crippen molar-refractivity contribution in [1.82, 2.24) is 15.5 Å². The van der Waals surface area contributed by atoms with Crippen LogP contribution in [0.2, 0.25) is 0 Å². The van der Waals surface area contributed by atoms with Gasteiger partial charge in [0.15, 0.2) is 5.96 Å². The molecule has 1 aromatic carbocycles. The van der Waals surface area contributed by atoms with Crippen LogP contribution >= 0.6 is 0 Å². The first kappa shape index (κ1) is 20.8. The molecule has 0 unspecified atom stereocenters. The van der Waals surface area contributed by atoms with Crippen LogP contribution in [0, 0.1) is 0 Å². The lowest BCUT2D eigenvalue weighted by Gasteiger charge is -2.36. The monoisotopic (exact) mass is 397 g/mol. The Balaban J connectivity index is 1.37. The second-order valence-corrected chi connectivity index (χ2v) is 6.97. The number of hydrogen-bond donors (Lipinski definition) is 2. The van der Waals surface area contributed by atoms with Crippen molar-refractivity contribution in [2.45, 2.75) is 19.8 Å². The van der Waals surface area contributed by atoms with Crippen molar-refractivity contribution in [1.29, 1.82) is 0 Å². The van der Waals surface area contributed by atoms with Gasteiger partial charge in [0.05, 0.1) is 6.26 Å². The van der Waals surface area contributed by atoms with E-state index in [1.807, 2.05) is 30.0 Å². The first-order chi connectivity index (χ1) is 14.3. The van der Waals surface area contributed by atoms with Crippen molar-refractivity contribution in [3.63, 3.8) is 0 Å². The van der Waals surface area contributed by atoms with Crippen LogP contribution < -0.4 is 15.5 Å². The van der Waals surface area contributed by atoms with Crippen LogP contribution in [0.3, 0.4) is 0 Å². The molecule has 0 spiro atoms. The fourth-order valence-corrected chi connectivity index (χ4v) is 3.37. The number of guanidine groups is 1. The molecule has 0 aliphatic carbocycles. The SMILES string of the molecule is CCNC(=NCCc1ccco1)NCCC(=O)N1CCN(c2ccccc2)CC1. The van der Waals surface area contributed by atoms with Gasteiger partial charge in [-0.15, -0.1) is 0 Å². The average molecular weight is 398 g/mol. The molecule has 0 atom stereocenters. The van der Waals surface area contributed by atoms with Gasteiger partial charge in [0.1, 0.15) is 5.76 Å². The van der Waals surface area contributed by atoms with Crippen LogP contribution in [0.5, 0.6) is 0 Å². The highest BCUT2D eigenvalue weighted by molar-refractivity contribution is 5.81. The van der Waals surface area contributed by atoms with Gasteiger partial charge < -0.3 is 24.9 Å². The standard InChI is InChI=1S/C22H31N5O2/c1-2-23-22(24-12-10-20-9-6-18-29-20)25-13-11-21(28)27-16-14-26(15-17-27)19-7-4-3-5-8-19/h3-9,18H,2,10-17H2,1H3,(H2,23,24,25). The zero-order valence-electron chi connectivity index (χ0n) is 17.1. The Morgan fingerprint density at radius 1 is 1.07 bits per heavy atom. The molecular weight excluding hydrogens is 366 g/mol.